The van der Waals surface area contributed by atoms with Crippen molar-refractivity contribution in [1.82, 2.24) is 10.2 Å². The van der Waals surface area contributed by atoms with E-state index in [2.05, 4.69) is 55.3 Å². The van der Waals surface area contributed by atoms with Crippen LogP contribution in [0.15, 0.2) is 30.3 Å². The maximum atomic E-state index is 9.96. The highest BCUT2D eigenvalue weighted by Gasteiger charge is 2.23. The number of likely N-dealkylation sites (N-methyl/N-ethyl adjacent to an activating group) is 1. The smallest absolute Gasteiger partial charge is 0.0791 e. The number of β-amino-alcohol motifs (C(OH)–C–C–N with tert-alkyl or cyclic N) is 1. The van der Waals surface area contributed by atoms with E-state index in [1.165, 1.54) is 5.56 Å². The van der Waals surface area contributed by atoms with E-state index in [0.29, 0.717) is 13.1 Å². The van der Waals surface area contributed by atoms with Crippen LogP contribution in [0.25, 0.3) is 0 Å². The second-order valence-electron chi connectivity index (χ2n) is 5.75. The molecule has 0 radical (unpaired) electrons. The van der Waals surface area contributed by atoms with Crippen LogP contribution in [0.4, 0.5) is 0 Å². The van der Waals surface area contributed by atoms with Crippen molar-refractivity contribution in [2.45, 2.75) is 39.0 Å². The first-order chi connectivity index (χ1) is 8.43. The van der Waals surface area contributed by atoms with E-state index in [1.807, 2.05) is 13.1 Å². The van der Waals surface area contributed by atoms with Crippen LogP contribution in [-0.4, -0.2) is 41.8 Å². The molecule has 1 aromatic rings. The van der Waals surface area contributed by atoms with E-state index in [-0.39, 0.29) is 11.6 Å². The van der Waals surface area contributed by atoms with Crippen LogP contribution in [-0.2, 0) is 6.54 Å². The lowest BCUT2D eigenvalue weighted by atomic mass is 10.0. The van der Waals surface area contributed by atoms with Gasteiger partial charge in [-0.25, -0.2) is 0 Å². The second kappa shape index (κ2) is 6.88. The summed E-state index contributed by atoms with van der Waals surface area (Å²) in [5, 5.41) is 13.0. The molecule has 3 heteroatoms. The minimum Gasteiger partial charge on any atom is -0.390 e. The zero-order chi connectivity index (χ0) is 13.6. The van der Waals surface area contributed by atoms with Gasteiger partial charge in [0.25, 0.3) is 0 Å². The Kier molecular flexibility index (Phi) is 5.79. The fourth-order valence-corrected chi connectivity index (χ4v) is 1.93. The van der Waals surface area contributed by atoms with Crippen LogP contribution in [0.2, 0.25) is 0 Å². The van der Waals surface area contributed by atoms with Gasteiger partial charge in [0.1, 0.15) is 0 Å². The first kappa shape index (κ1) is 15.2. The highest BCUT2D eigenvalue weighted by atomic mass is 16.3. The highest BCUT2D eigenvalue weighted by molar-refractivity contribution is 5.14. The Bertz CT molecular complexity index is 332. The number of aliphatic hydroxyl groups is 1. The van der Waals surface area contributed by atoms with E-state index >= 15 is 0 Å². The van der Waals surface area contributed by atoms with E-state index in [4.69, 9.17) is 0 Å². The molecule has 0 aliphatic heterocycles. The first-order valence-electron chi connectivity index (χ1n) is 6.55. The maximum Gasteiger partial charge on any atom is 0.0791 e. The predicted octanol–water partition coefficient (Wildman–Crippen LogP) is 1.87. The quantitative estimate of drug-likeness (QED) is 0.809. The van der Waals surface area contributed by atoms with Gasteiger partial charge in [-0.3, -0.25) is 4.90 Å². The van der Waals surface area contributed by atoms with E-state index < -0.39 is 0 Å². The molecule has 102 valence electrons. The molecule has 0 saturated carbocycles. The topological polar surface area (TPSA) is 35.5 Å². The molecule has 0 aromatic heterocycles. The number of hydrogen-bond acceptors (Lipinski definition) is 3. The number of benzene rings is 1. The molecule has 0 amide bonds. The van der Waals surface area contributed by atoms with Crippen LogP contribution in [0, 0.1) is 0 Å². The first-order valence-corrected chi connectivity index (χ1v) is 6.55. The summed E-state index contributed by atoms with van der Waals surface area (Å²) in [6.45, 7) is 8.72. The normalized spacial score (nSPS) is 13.9. The van der Waals surface area contributed by atoms with Gasteiger partial charge in [-0.15, -0.1) is 0 Å². The largest absolute Gasteiger partial charge is 0.390 e. The summed E-state index contributed by atoms with van der Waals surface area (Å²) in [5.41, 5.74) is 1.33. The molecule has 1 rings (SSSR count). The van der Waals surface area contributed by atoms with Gasteiger partial charge in [0.15, 0.2) is 0 Å². The van der Waals surface area contributed by atoms with Crippen molar-refractivity contribution < 1.29 is 5.11 Å². The molecule has 0 spiro atoms. The maximum absolute atomic E-state index is 9.96. The van der Waals surface area contributed by atoms with Crippen molar-refractivity contribution in [2.24, 2.45) is 0 Å². The lowest BCUT2D eigenvalue weighted by molar-refractivity contribution is 0.0536. The summed E-state index contributed by atoms with van der Waals surface area (Å²) in [4.78, 5) is 2.31. The van der Waals surface area contributed by atoms with Crippen LogP contribution in [0.5, 0.6) is 0 Å². The molecule has 1 aromatic carbocycles. The van der Waals surface area contributed by atoms with Gasteiger partial charge in [-0.1, -0.05) is 30.3 Å². The average molecular weight is 250 g/mol. The van der Waals surface area contributed by atoms with Gasteiger partial charge in [0, 0.05) is 25.2 Å². The number of rotatable bonds is 6. The molecule has 0 heterocycles. The fourth-order valence-electron chi connectivity index (χ4n) is 1.93. The van der Waals surface area contributed by atoms with Gasteiger partial charge in [-0.05, 0) is 33.4 Å². The summed E-state index contributed by atoms with van der Waals surface area (Å²) < 4.78 is 0. The predicted molar refractivity (Wildman–Crippen MR) is 76.5 cm³/mol. The monoisotopic (exact) mass is 250 g/mol. The molecular formula is C15H26N2O. The zero-order valence-electron chi connectivity index (χ0n) is 12.0. The third kappa shape index (κ3) is 5.17. The number of nitrogens with one attached hydrogen (secondary N) is 1. The Morgan fingerprint density at radius 1 is 1.22 bits per heavy atom. The Hall–Kier alpha value is -0.900. The number of aliphatic hydroxyl groups excluding tert-OH is 1. The third-order valence-corrected chi connectivity index (χ3v) is 3.04. The van der Waals surface area contributed by atoms with Crippen molar-refractivity contribution >= 4 is 0 Å². The Morgan fingerprint density at radius 2 is 1.83 bits per heavy atom. The molecule has 0 aliphatic rings. The summed E-state index contributed by atoms with van der Waals surface area (Å²) in [5.74, 6) is 0. The fraction of sp³-hybridized carbons (Fsp3) is 0.600. The summed E-state index contributed by atoms with van der Waals surface area (Å²) in [6.07, 6.45) is -0.335. The number of hydrogen-bond donors (Lipinski definition) is 2. The lowest BCUT2D eigenvalue weighted by Gasteiger charge is -2.37. The standard InChI is InChI=1S/C15H26N2O/c1-15(2,3)17(12-14(18)10-16-4)11-13-8-6-5-7-9-13/h5-9,14,16,18H,10-12H2,1-4H3. The molecule has 0 saturated heterocycles. The van der Waals surface area contributed by atoms with Crippen molar-refractivity contribution in [3.05, 3.63) is 35.9 Å². The van der Waals surface area contributed by atoms with Crippen LogP contribution >= 0.6 is 0 Å². The minimum absolute atomic E-state index is 0.0462. The Labute approximate surface area is 111 Å². The molecule has 1 unspecified atom stereocenters. The molecule has 1 atom stereocenters. The molecule has 0 aliphatic carbocycles. The van der Waals surface area contributed by atoms with Crippen LogP contribution in [0.1, 0.15) is 26.3 Å². The average Bonchev–Trinajstić information content (AvgIpc) is 2.28. The van der Waals surface area contributed by atoms with Gasteiger partial charge in [0.2, 0.25) is 0 Å². The molecule has 3 nitrogen and oxygen atoms in total. The Morgan fingerprint density at radius 3 is 2.33 bits per heavy atom. The summed E-state index contributed by atoms with van der Waals surface area (Å²) >= 11 is 0. The lowest BCUT2D eigenvalue weighted by Crippen LogP contribution is -2.46. The van der Waals surface area contributed by atoms with Gasteiger partial charge < -0.3 is 10.4 Å². The van der Waals surface area contributed by atoms with E-state index in [0.717, 1.165) is 6.54 Å². The van der Waals surface area contributed by atoms with Crippen molar-refractivity contribution in [1.29, 1.82) is 0 Å². The Balaban J connectivity index is 2.68. The third-order valence-electron chi connectivity index (χ3n) is 3.04. The van der Waals surface area contributed by atoms with E-state index in [1.54, 1.807) is 0 Å². The molecule has 2 N–H and O–H groups in total. The van der Waals surface area contributed by atoms with Crippen molar-refractivity contribution in [3.63, 3.8) is 0 Å². The van der Waals surface area contributed by atoms with Crippen LogP contribution < -0.4 is 5.32 Å². The molecule has 18 heavy (non-hydrogen) atoms. The van der Waals surface area contributed by atoms with Crippen molar-refractivity contribution in [2.75, 3.05) is 20.1 Å². The zero-order valence-corrected chi connectivity index (χ0v) is 12.0. The number of nitrogens with zero attached hydrogens (tertiary/aromatic N) is 1. The minimum atomic E-state index is -0.335. The summed E-state index contributed by atoms with van der Waals surface area (Å²) in [6, 6.07) is 10.4. The van der Waals surface area contributed by atoms with Crippen molar-refractivity contribution in [3.8, 4) is 0 Å². The van der Waals surface area contributed by atoms with E-state index in [9.17, 15) is 5.11 Å². The molecule has 0 fully saturated rings. The van der Waals surface area contributed by atoms with Gasteiger partial charge in [0.05, 0.1) is 6.10 Å². The molecule has 0 bridgehead atoms. The highest BCUT2D eigenvalue weighted by Crippen LogP contribution is 2.17. The SMILES string of the molecule is CNCC(O)CN(Cc1ccccc1)C(C)(C)C. The van der Waals surface area contributed by atoms with Gasteiger partial charge >= 0.3 is 0 Å². The van der Waals surface area contributed by atoms with Crippen LogP contribution in [0.3, 0.4) is 0 Å². The molecular weight excluding hydrogens is 224 g/mol. The summed E-state index contributed by atoms with van der Waals surface area (Å²) in [7, 11) is 1.86. The van der Waals surface area contributed by atoms with Gasteiger partial charge in [-0.2, -0.15) is 0 Å². The second-order valence-corrected chi connectivity index (χ2v) is 5.75.